The minimum absolute atomic E-state index is 0.167. The third-order valence-corrected chi connectivity index (χ3v) is 3.58. The third kappa shape index (κ3) is 3.82. The minimum atomic E-state index is -0.167. The highest BCUT2D eigenvalue weighted by Crippen LogP contribution is 2.19. The van der Waals surface area contributed by atoms with Gasteiger partial charge in [0.15, 0.2) is 0 Å². The van der Waals surface area contributed by atoms with Crippen molar-refractivity contribution in [1.29, 1.82) is 0 Å². The van der Waals surface area contributed by atoms with E-state index in [-0.39, 0.29) is 5.91 Å². The summed E-state index contributed by atoms with van der Waals surface area (Å²) < 4.78 is 0.775. The van der Waals surface area contributed by atoms with Crippen molar-refractivity contribution in [3.63, 3.8) is 0 Å². The van der Waals surface area contributed by atoms with Crippen LogP contribution in [0, 0.1) is 0 Å². The van der Waals surface area contributed by atoms with E-state index in [9.17, 15) is 4.79 Å². The number of nitrogens with two attached hydrogens (primary N) is 1. The van der Waals surface area contributed by atoms with Gasteiger partial charge in [-0.3, -0.25) is 4.79 Å². The maximum atomic E-state index is 12.1. The Balaban J connectivity index is 2.08. The molecule has 3 nitrogen and oxygen atoms in total. The van der Waals surface area contributed by atoms with Crippen LogP contribution in [0.4, 0.5) is 0 Å². The third-order valence-electron chi connectivity index (χ3n) is 2.90. The summed E-state index contributed by atoms with van der Waals surface area (Å²) in [5.41, 5.74) is 8.24. The number of rotatable bonds is 4. The Morgan fingerprint density at radius 3 is 2.55 bits per heavy atom. The second-order valence-corrected chi connectivity index (χ2v) is 5.67. The Morgan fingerprint density at radius 2 is 1.90 bits per heavy atom. The lowest BCUT2D eigenvalue weighted by Crippen LogP contribution is -2.23. The highest BCUT2D eigenvalue weighted by atomic mass is 79.9. The van der Waals surface area contributed by atoms with E-state index in [0.29, 0.717) is 23.7 Å². The summed E-state index contributed by atoms with van der Waals surface area (Å²) in [5.74, 6) is -0.167. The molecular weight excluding hydrogens is 340 g/mol. The molecule has 0 bridgehead atoms. The fourth-order valence-electron chi connectivity index (χ4n) is 1.89. The van der Waals surface area contributed by atoms with Crippen LogP contribution in [0.5, 0.6) is 0 Å². The predicted octanol–water partition coefficient (Wildman–Crippen LogP) is 3.49. The largest absolute Gasteiger partial charge is 0.348 e. The van der Waals surface area contributed by atoms with Crippen LogP contribution in [0.25, 0.3) is 0 Å². The SMILES string of the molecule is NCc1ccccc1CNC(=O)c1cc(Cl)cc(Br)c1. The lowest BCUT2D eigenvalue weighted by atomic mass is 10.1. The summed E-state index contributed by atoms with van der Waals surface area (Å²) in [5, 5.41) is 3.39. The molecule has 2 rings (SSSR count). The Morgan fingerprint density at radius 1 is 1.20 bits per heavy atom. The van der Waals surface area contributed by atoms with Crippen molar-refractivity contribution in [2.45, 2.75) is 13.1 Å². The quantitative estimate of drug-likeness (QED) is 0.884. The molecule has 104 valence electrons. The molecule has 0 aliphatic rings. The molecular formula is C15H14BrClN2O. The average molecular weight is 354 g/mol. The lowest BCUT2D eigenvalue weighted by molar-refractivity contribution is 0.0951. The first kappa shape index (κ1) is 15.0. The van der Waals surface area contributed by atoms with Crippen molar-refractivity contribution in [2.75, 3.05) is 0 Å². The monoisotopic (exact) mass is 352 g/mol. The molecule has 0 saturated carbocycles. The van der Waals surface area contributed by atoms with E-state index in [0.717, 1.165) is 15.6 Å². The van der Waals surface area contributed by atoms with Gasteiger partial charge >= 0.3 is 0 Å². The molecule has 0 saturated heterocycles. The van der Waals surface area contributed by atoms with Crippen LogP contribution in [0.15, 0.2) is 46.9 Å². The number of hydrogen-bond acceptors (Lipinski definition) is 2. The molecule has 20 heavy (non-hydrogen) atoms. The fraction of sp³-hybridized carbons (Fsp3) is 0.133. The summed E-state index contributed by atoms with van der Waals surface area (Å²) in [4.78, 5) is 12.1. The molecule has 0 unspecified atom stereocenters. The number of amides is 1. The van der Waals surface area contributed by atoms with Crippen LogP contribution >= 0.6 is 27.5 Å². The highest BCUT2D eigenvalue weighted by molar-refractivity contribution is 9.10. The van der Waals surface area contributed by atoms with Crippen LogP contribution in [-0.4, -0.2) is 5.91 Å². The van der Waals surface area contributed by atoms with Gasteiger partial charge in [0.2, 0.25) is 0 Å². The lowest BCUT2D eigenvalue weighted by Gasteiger charge is -2.09. The van der Waals surface area contributed by atoms with Crippen LogP contribution in [0.2, 0.25) is 5.02 Å². The summed E-state index contributed by atoms with van der Waals surface area (Å²) in [6, 6.07) is 12.9. The molecule has 0 radical (unpaired) electrons. The van der Waals surface area contributed by atoms with Crippen LogP contribution in [0.3, 0.4) is 0 Å². The fourth-order valence-corrected chi connectivity index (χ4v) is 2.75. The molecule has 0 fully saturated rings. The van der Waals surface area contributed by atoms with E-state index < -0.39 is 0 Å². The van der Waals surface area contributed by atoms with Crippen molar-refractivity contribution in [3.8, 4) is 0 Å². The molecule has 0 atom stereocenters. The molecule has 0 aliphatic heterocycles. The van der Waals surface area contributed by atoms with Gasteiger partial charge in [-0.15, -0.1) is 0 Å². The molecule has 2 aromatic rings. The minimum Gasteiger partial charge on any atom is -0.348 e. The maximum Gasteiger partial charge on any atom is 0.251 e. The summed E-state index contributed by atoms with van der Waals surface area (Å²) in [7, 11) is 0. The second-order valence-electron chi connectivity index (χ2n) is 4.31. The van der Waals surface area contributed by atoms with Gasteiger partial charge < -0.3 is 11.1 Å². The molecule has 1 amide bonds. The van der Waals surface area contributed by atoms with E-state index in [1.165, 1.54) is 0 Å². The smallest absolute Gasteiger partial charge is 0.251 e. The van der Waals surface area contributed by atoms with Crippen molar-refractivity contribution in [1.82, 2.24) is 5.32 Å². The second kappa shape index (κ2) is 6.88. The van der Waals surface area contributed by atoms with E-state index >= 15 is 0 Å². The van der Waals surface area contributed by atoms with Gasteiger partial charge in [0.1, 0.15) is 0 Å². The van der Waals surface area contributed by atoms with Crippen molar-refractivity contribution < 1.29 is 4.79 Å². The zero-order valence-corrected chi connectivity index (χ0v) is 13.0. The van der Waals surface area contributed by atoms with Crippen LogP contribution in [0.1, 0.15) is 21.5 Å². The van der Waals surface area contributed by atoms with Gasteiger partial charge in [0.25, 0.3) is 5.91 Å². The first-order chi connectivity index (χ1) is 9.60. The Hall–Kier alpha value is -1.36. The summed E-state index contributed by atoms with van der Waals surface area (Å²) in [6.45, 7) is 0.894. The van der Waals surface area contributed by atoms with Crippen molar-refractivity contribution in [2.24, 2.45) is 5.73 Å². The molecule has 0 aliphatic carbocycles. The molecule has 0 heterocycles. The number of nitrogens with one attached hydrogen (secondary N) is 1. The van der Waals surface area contributed by atoms with E-state index in [1.807, 2.05) is 24.3 Å². The Kier molecular flexibility index (Phi) is 5.17. The van der Waals surface area contributed by atoms with Gasteiger partial charge in [-0.1, -0.05) is 51.8 Å². The standard InChI is InChI=1S/C15H14BrClN2O/c16-13-5-12(6-14(17)7-13)15(20)19-9-11-4-2-1-3-10(11)8-18/h1-7H,8-9,18H2,(H,19,20). The summed E-state index contributed by atoms with van der Waals surface area (Å²) in [6.07, 6.45) is 0. The van der Waals surface area contributed by atoms with E-state index in [1.54, 1.807) is 18.2 Å². The Labute approximate surface area is 131 Å². The molecule has 0 spiro atoms. The van der Waals surface area contributed by atoms with Gasteiger partial charge in [-0.05, 0) is 29.3 Å². The van der Waals surface area contributed by atoms with Crippen LogP contribution in [-0.2, 0) is 13.1 Å². The average Bonchev–Trinajstić information content (AvgIpc) is 2.44. The predicted molar refractivity (Wildman–Crippen MR) is 84.7 cm³/mol. The van der Waals surface area contributed by atoms with Gasteiger partial charge in [0.05, 0.1) is 0 Å². The molecule has 0 aromatic heterocycles. The van der Waals surface area contributed by atoms with E-state index in [4.69, 9.17) is 17.3 Å². The zero-order valence-electron chi connectivity index (χ0n) is 10.7. The topological polar surface area (TPSA) is 55.1 Å². The maximum absolute atomic E-state index is 12.1. The number of carbonyl (C=O) groups is 1. The van der Waals surface area contributed by atoms with Crippen LogP contribution < -0.4 is 11.1 Å². The molecule has 5 heteroatoms. The van der Waals surface area contributed by atoms with Gasteiger partial charge in [-0.2, -0.15) is 0 Å². The van der Waals surface area contributed by atoms with E-state index in [2.05, 4.69) is 21.2 Å². The first-order valence-corrected chi connectivity index (χ1v) is 7.28. The number of benzene rings is 2. The number of hydrogen-bond donors (Lipinski definition) is 2. The van der Waals surface area contributed by atoms with Crippen molar-refractivity contribution >= 4 is 33.4 Å². The normalized spacial score (nSPS) is 10.3. The summed E-state index contributed by atoms with van der Waals surface area (Å²) >= 11 is 9.25. The van der Waals surface area contributed by atoms with Gasteiger partial charge in [0, 0.05) is 28.1 Å². The number of carbonyl (C=O) groups excluding carboxylic acids is 1. The van der Waals surface area contributed by atoms with Gasteiger partial charge in [-0.25, -0.2) is 0 Å². The molecule has 2 aromatic carbocycles. The zero-order chi connectivity index (χ0) is 14.5. The highest BCUT2D eigenvalue weighted by Gasteiger charge is 2.08. The first-order valence-electron chi connectivity index (χ1n) is 6.11. The Bertz CT molecular complexity index is 611. The number of halogens is 2. The molecule has 3 N–H and O–H groups in total. The van der Waals surface area contributed by atoms with Crippen molar-refractivity contribution in [3.05, 3.63) is 68.7 Å².